The van der Waals surface area contributed by atoms with Crippen LogP contribution in [0.4, 0.5) is 0 Å². The number of hydrogen-bond donors (Lipinski definition) is 2. The zero-order chi connectivity index (χ0) is 11.0. The Labute approximate surface area is 89.3 Å². The SMILES string of the molecule is CC(=O)O.CC(OS)c1ccccc1. The first-order valence-corrected chi connectivity index (χ1v) is 4.49. The molecular weight excluding hydrogens is 200 g/mol. The highest BCUT2D eigenvalue weighted by Crippen LogP contribution is 2.16. The van der Waals surface area contributed by atoms with Crippen molar-refractivity contribution in [1.29, 1.82) is 0 Å². The molecule has 0 aliphatic heterocycles. The van der Waals surface area contributed by atoms with E-state index in [1.165, 1.54) is 0 Å². The van der Waals surface area contributed by atoms with Crippen LogP contribution in [-0.4, -0.2) is 11.1 Å². The minimum atomic E-state index is -0.833. The van der Waals surface area contributed by atoms with Gasteiger partial charge in [-0.15, -0.1) is 0 Å². The molecule has 0 aromatic heterocycles. The third-order valence-electron chi connectivity index (χ3n) is 1.43. The van der Waals surface area contributed by atoms with Gasteiger partial charge in [-0.05, 0) is 25.4 Å². The summed E-state index contributed by atoms with van der Waals surface area (Å²) in [5.41, 5.74) is 1.15. The minimum absolute atomic E-state index is 0.0736. The third kappa shape index (κ3) is 6.51. The summed E-state index contributed by atoms with van der Waals surface area (Å²) in [5, 5.41) is 7.42. The minimum Gasteiger partial charge on any atom is -0.481 e. The zero-order valence-electron chi connectivity index (χ0n) is 8.18. The normalized spacial score (nSPS) is 11.1. The van der Waals surface area contributed by atoms with Crippen LogP contribution in [0, 0.1) is 0 Å². The van der Waals surface area contributed by atoms with E-state index in [0.717, 1.165) is 12.5 Å². The molecule has 0 spiro atoms. The molecule has 1 atom stereocenters. The van der Waals surface area contributed by atoms with E-state index in [1.54, 1.807) is 0 Å². The number of hydrogen-bond acceptors (Lipinski definition) is 3. The van der Waals surface area contributed by atoms with Crippen LogP contribution in [-0.2, 0) is 8.98 Å². The van der Waals surface area contributed by atoms with E-state index in [0.29, 0.717) is 0 Å². The summed E-state index contributed by atoms with van der Waals surface area (Å²) in [6, 6.07) is 9.98. The van der Waals surface area contributed by atoms with Crippen molar-refractivity contribution in [2.45, 2.75) is 20.0 Å². The fraction of sp³-hybridized carbons (Fsp3) is 0.300. The molecule has 1 aromatic rings. The predicted octanol–water partition coefficient (Wildman–Crippen LogP) is 2.70. The van der Waals surface area contributed by atoms with Crippen molar-refractivity contribution in [3.05, 3.63) is 35.9 Å². The maximum atomic E-state index is 9.00. The smallest absolute Gasteiger partial charge is 0.300 e. The Morgan fingerprint density at radius 2 is 1.86 bits per heavy atom. The number of thiol groups is 1. The molecule has 0 aliphatic rings. The van der Waals surface area contributed by atoms with Gasteiger partial charge in [-0.25, -0.2) is 0 Å². The lowest BCUT2D eigenvalue weighted by Gasteiger charge is -2.06. The summed E-state index contributed by atoms with van der Waals surface area (Å²) in [4.78, 5) is 9.00. The molecule has 0 radical (unpaired) electrons. The number of carbonyl (C=O) groups is 1. The Balaban J connectivity index is 0.000000364. The van der Waals surface area contributed by atoms with Gasteiger partial charge in [-0.1, -0.05) is 30.3 Å². The molecule has 14 heavy (non-hydrogen) atoms. The molecule has 0 fully saturated rings. The summed E-state index contributed by atoms with van der Waals surface area (Å²) in [6.45, 7) is 3.04. The molecule has 0 saturated heterocycles. The van der Waals surface area contributed by atoms with E-state index in [4.69, 9.17) is 14.1 Å². The van der Waals surface area contributed by atoms with Gasteiger partial charge in [0.2, 0.25) is 0 Å². The maximum Gasteiger partial charge on any atom is 0.300 e. The van der Waals surface area contributed by atoms with Crippen molar-refractivity contribution in [1.82, 2.24) is 0 Å². The van der Waals surface area contributed by atoms with Gasteiger partial charge in [0, 0.05) is 6.92 Å². The first-order chi connectivity index (χ1) is 6.57. The molecule has 0 aliphatic carbocycles. The molecule has 1 aromatic carbocycles. The van der Waals surface area contributed by atoms with E-state index in [-0.39, 0.29) is 6.10 Å². The summed E-state index contributed by atoms with van der Waals surface area (Å²) in [5.74, 6) is -0.833. The van der Waals surface area contributed by atoms with Crippen molar-refractivity contribution in [2.24, 2.45) is 0 Å². The van der Waals surface area contributed by atoms with Gasteiger partial charge in [-0.2, -0.15) is 0 Å². The van der Waals surface area contributed by atoms with Crippen LogP contribution in [0.25, 0.3) is 0 Å². The first-order valence-electron chi connectivity index (χ1n) is 4.12. The van der Waals surface area contributed by atoms with E-state index in [1.807, 2.05) is 37.3 Å². The van der Waals surface area contributed by atoms with Gasteiger partial charge in [-0.3, -0.25) is 4.79 Å². The van der Waals surface area contributed by atoms with Gasteiger partial charge in [0.15, 0.2) is 0 Å². The Morgan fingerprint density at radius 1 is 1.43 bits per heavy atom. The van der Waals surface area contributed by atoms with E-state index in [9.17, 15) is 0 Å². The van der Waals surface area contributed by atoms with Crippen LogP contribution in [0.1, 0.15) is 25.5 Å². The predicted molar refractivity (Wildman–Crippen MR) is 58.2 cm³/mol. The highest BCUT2D eigenvalue weighted by molar-refractivity contribution is 7.75. The van der Waals surface area contributed by atoms with Gasteiger partial charge >= 0.3 is 0 Å². The molecule has 1 unspecified atom stereocenters. The number of carboxylic acids is 1. The lowest BCUT2D eigenvalue weighted by molar-refractivity contribution is -0.134. The van der Waals surface area contributed by atoms with E-state index in [2.05, 4.69) is 12.9 Å². The van der Waals surface area contributed by atoms with Gasteiger partial charge in [0.05, 0.1) is 6.10 Å². The van der Waals surface area contributed by atoms with Crippen molar-refractivity contribution in [3.8, 4) is 0 Å². The molecule has 3 nitrogen and oxygen atoms in total. The van der Waals surface area contributed by atoms with Crippen LogP contribution in [0.5, 0.6) is 0 Å². The molecule has 0 amide bonds. The van der Waals surface area contributed by atoms with Crippen LogP contribution < -0.4 is 0 Å². The maximum absolute atomic E-state index is 9.00. The highest BCUT2D eigenvalue weighted by Gasteiger charge is 2.00. The number of carboxylic acid groups (broad SMARTS) is 1. The van der Waals surface area contributed by atoms with E-state index < -0.39 is 5.97 Å². The molecular formula is C10H14O3S. The molecule has 1 N–H and O–H groups in total. The lowest BCUT2D eigenvalue weighted by Crippen LogP contribution is -1.90. The standard InChI is InChI=1S/C8H10OS.C2H4O2/c1-7(9-10)8-5-3-2-4-6-8;1-2(3)4/h2-7,10H,1H3;1H3,(H,3,4). The fourth-order valence-electron chi connectivity index (χ4n) is 0.785. The molecule has 1 rings (SSSR count). The summed E-state index contributed by atoms with van der Waals surface area (Å²) >= 11 is 3.73. The summed E-state index contributed by atoms with van der Waals surface area (Å²) in [7, 11) is 0. The summed E-state index contributed by atoms with van der Waals surface area (Å²) in [6.07, 6.45) is 0.0736. The number of rotatable bonds is 2. The molecule has 78 valence electrons. The van der Waals surface area contributed by atoms with Crippen molar-refractivity contribution in [2.75, 3.05) is 0 Å². The van der Waals surface area contributed by atoms with Gasteiger partial charge < -0.3 is 9.29 Å². The van der Waals surface area contributed by atoms with Crippen molar-refractivity contribution >= 4 is 18.9 Å². The summed E-state index contributed by atoms with van der Waals surface area (Å²) < 4.78 is 4.83. The fourth-order valence-corrected chi connectivity index (χ4v) is 0.907. The van der Waals surface area contributed by atoms with Gasteiger partial charge in [0.1, 0.15) is 0 Å². The van der Waals surface area contributed by atoms with Crippen LogP contribution in [0.15, 0.2) is 30.3 Å². The van der Waals surface area contributed by atoms with Crippen LogP contribution in [0.2, 0.25) is 0 Å². The molecule has 0 heterocycles. The monoisotopic (exact) mass is 214 g/mol. The topological polar surface area (TPSA) is 46.5 Å². The number of aliphatic carboxylic acids is 1. The average Bonchev–Trinajstić information content (AvgIpc) is 2.17. The molecule has 0 bridgehead atoms. The quantitative estimate of drug-likeness (QED) is 0.587. The Hall–Kier alpha value is -1.00. The second-order valence-electron chi connectivity index (χ2n) is 2.68. The van der Waals surface area contributed by atoms with Crippen LogP contribution >= 0.6 is 12.9 Å². The van der Waals surface area contributed by atoms with Crippen LogP contribution in [0.3, 0.4) is 0 Å². The highest BCUT2D eigenvalue weighted by atomic mass is 32.1. The first kappa shape index (κ1) is 13.0. The average molecular weight is 214 g/mol. The molecule has 4 heteroatoms. The Kier molecular flexibility index (Phi) is 6.88. The lowest BCUT2D eigenvalue weighted by atomic mass is 10.1. The second-order valence-corrected chi connectivity index (χ2v) is 2.89. The Bertz CT molecular complexity index is 257. The van der Waals surface area contributed by atoms with Crippen molar-refractivity contribution in [3.63, 3.8) is 0 Å². The number of benzene rings is 1. The van der Waals surface area contributed by atoms with E-state index >= 15 is 0 Å². The van der Waals surface area contributed by atoms with Gasteiger partial charge in [0.25, 0.3) is 5.97 Å². The second kappa shape index (κ2) is 7.41. The third-order valence-corrected chi connectivity index (χ3v) is 1.74. The zero-order valence-corrected chi connectivity index (χ0v) is 9.07. The van der Waals surface area contributed by atoms with Crippen molar-refractivity contribution < 1.29 is 14.1 Å². The Morgan fingerprint density at radius 3 is 2.21 bits per heavy atom. The largest absolute Gasteiger partial charge is 0.481 e. The molecule has 0 saturated carbocycles.